The van der Waals surface area contributed by atoms with E-state index in [4.69, 9.17) is 9.47 Å². The fourth-order valence-corrected chi connectivity index (χ4v) is 6.02. The molecule has 0 spiro atoms. The van der Waals surface area contributed by atoms with Crippen molar-refractivity contribution in [2.75, 3.05) is 19.7 Å². The number of hydrogen-bond acceptors (Lipinski definition) is 7. The fraction of sp³-hybridized carbons (Fsp3) is 0.633. The third kappa shape index (κ3) is 7.25. The highest BCUT2D eigenvalue weighted by Gasteiger charge is 2.69. The van der Waals surface area contributed by atoms with Crippen molar-refractivity contribution >= 4 is 30.1 Å². The molecule has 3 N–H and O–H groups in total. The van der Waals surface area contributed by atoms with E-state index in [2.05, 4.69) is 29.8 Å². The molecule has 2 heterocycles. The van der Waals surface area contributed by atoms with Gasteiger partial charge in [-0.15, -0.1) is 0 Å². The molecule has 11 nitrogen and oxygen atoms in total. The molecule has 1 aliphatic carbocycles. The monoisotopic (exact) mass is 570 g/mol. The van der Waals surface area contributed by atoms with Gasteiger partial charge >= 0.3 is 6.09 Å². The van der Waals surface area contributed by atoms with E-state index in [1.165, 1.54) is 4.90 Å². The number of alkyl carbamates (subject to hydrolysis) is 1. The average Bonchev–Trinajstić information content (AvgIpc) is 3.27. The minimum absolute atomic E-state index is 0.0346. The highest BCUT2D eigenvalue weighted by Crippen LogP contribution is 2.64. The number of hydrogen-bond donors (Lipinski definition) is 3. The summed E-state index contributed by atoms with van der Waals surface area (Å²) in [6.45, 7) is 10.5. The third-order valence-electron chi connectivity index (χ3n) is 8.44. The molecule has 2 saturated heterocycles. The van der Waals surface area contributed by atoms with Crippen molar-refractivity contribution in [2.24, 2.45) is 23.2 Å². The molecule has 4 rings (SSSR count). The molecule has 0 aromatic heterocycles. The van der Waals surface area contributed by atoms with Crippen LogP contribution in [0.5, 0.6) is 0 Å². The number of carbonyl (C=O) groups excluding carboxylic acids is 5. The molecular formula is C30H42N4O7. The molecule has 224 valence electrons. The lowest BCUT2D eigenvalue weighted by atomic mass is 9.97. The maximum absolute atomic E-state index is 13.9. The van der Waals surface area contributed by atoms with E-state index in [9.17, 15) is 24.0 Å². The van der Waals surface area contributed by atoms with E-state index in [1.54, 1.807) is 0 Å². The van der Waals surface area contributed by atoms with Crippen LogP contribution in [0.15, 0.2) is 30.3 Å². The van der Waals surface area contributed by atoms with Gasteiger partial charge in [0, 0.05) is 19.0 Å². The van der Waals surface area contributed by atoms with Crippen molar-refractivity contribution in [3.8, 4) is 0 Å². The lowest BCUT2D eigenvalue weighted by molar-refractivity contribution is -0.144. The van der Waals surface area contributed by atoms with Gasteiger partial charge in [0.1, 0.15) is 25.0 Å². The van der Waals surface area contributed by atoms with Gasteiger partial charge in [-0.05, 0) is 56.4 Å². The Morgan fingerprint density at radius 1 is 1.17 bits per heavy atom. The molecule has 1 aromatic rings. The molecule has 4 amide bonds. The number of aldehydes is 1. The standard InChI is InChI=1S/C30H42N4O7/c1-29(2,3)41-17-22(33-28(39)40-16-18-9-7-6-8-10-18)27(38)34-14-21-23(30(21,4)5)24(34)26(37)32-20(15-35)13-19-11-12-31-25(19)36/h6-10,15,19-24H,11-14,16-17H2,1-5H3,(H,31,36)(H,32,37)(H,33,39)/t19-,20-,21-,22-,23-,24-/m0/s1. The highest BCUT2D eigenvalue weighted by atomic mass is 16.5. The zero-order valence-electron chi connectivity index (χ0n) is 24.5. The predicted octanol–water partition coefficient (Wildman–Crippen LogP) is 1.79. The smallest absolute Gasteiger partial charge is 0.408 e. The second kappa shape index (κ2) is 12.2. The van der Waals surface area contributed by atoms with Crippen LogP contribution in [-0.4, -0.2) is 78.4 Å². The molecular weight excluding hydrogens is 528 g/mol. The Hall–Kier alpha value is -3.47. The van der Waals surface area contributed by atoms with Crippen LogP contribution in [0.4, 0.5) is 4.79 Å². The van der Waals surface area contributed by atoms with Crippen molar-refractivity contribution in [3.05, 3.63) is 35.9 Å². The second-order valence-corrected chi connectivity index (χ2v) is 12.8. The summed E-state index contributed by atoms with van der Waals surface area (Å²) < 4.78 is 11.2. The molecule has 3 aliphatic rings. The number of carbonyl (C=O) groups is 5. The molecule has 0 radical (unpaired) electrons. The first-order chi connectivity index (χ1) is 19.3. The highest BCUT2D eigenvalue weighted by molar-refractivity contribution is 5.94. The summed E-state index contributed by atoms with van der Waals surface area (Å²) >= 11 is 0. The Morgan fingerprint density at radius 2 is 1.88 bits per heavy atom. The first-order valence-electron chi connectivity index (χ1n) is 14.3. The first kappa shape index (κ1) is 30.5. The number of ether oxygens (including phenoxy) is 2. The van der Waals surface area contributed by atoms with Crippen molar-refractivity contribution in [3.63, 3.8) is 0 Å². The number of rotatable bonds is 11. The number of amides is 4. The van der Waals surface area contributed by atoms with Gasteiger partial charge in [0.2, 0.25) is 17.7 Å². The Balaban J connectivity index is 1.47. The van der Waals surface area contributed by atoms with E-state index >= 15 is 0 Å². The molecule has 0 bridgehead atoms. The van der Waals surface area contributed by atoms with E-state index < -0.39 is 41.6 Å². The van der Waals surface area contributed by atoms with Crippen molar-refractivity contribution in [1.82, 2.24) is 20.9 Å². The molecule has 3 fully saturated rings. The van der Waals surface area contributed by atoms with Crippen molar-refractivity contribution in [1.29, 1.82) is 0 Å². The van der Waals surface area contributed by atoms with Gasteiger partial charge in [-0.3, -0.25) is 14.4 Å². The minimum Gasteiger partial charge on any atom is -0.445 e. The third-order valence-corrected chi connectivity index (χ3v) is 8.44. The Bertz CT molecular complexity index is 1150. The lowest BCUT2D eigenvalue weighted by Crippen LogP contribution is -2.58. The number of likely N-dealkylation sites (tertiary alicyclic amines) is 1. The predicted molar refractivity (Wildman–Crippen MR) is 149 cm³/mol. The molecule has 1 aromatic carbocycles. The number of benzene rings is 1. The normalized spacial score (nSPS) is 25.9. The van der Waals surface area contributed by atoms with Crippen LogP contribution in [0.1, 0.15) is 53.0 Å². The summed E-state index contributed by atoms with van der Waals surface area (Å²) in [5.41, 5.74) is 0.0687. The molecule has 41 heavy (non-hydrogen) atoms. The van der Waals surface area contributed by atoms with Crippen LogP contribution in [0, 0.1) is 23.2 Å². The molecule has 0 unspecified atom stereocenters. The van der Waals surface area contributed by atoms with Crippen LogP contribution in [0.2, 0.25) is 0 Å². The summed E-state index contributed by atoms with van der Waals surface area (Å²) in [6.07, 6.45) is 0.679. The molecule has 6 atom stereocenters. The lowest BCUT2D eigenvalue weighted by Gasteiger charge is -2.34. The van der Waals surface area contributed by atoms with Gasteiger partial charge in [-0.2, -0.15) is 0 Å². The van der Waals surface area contributed by atoms with Crippen LogP contribution in [-0.2, 0) is 35.3 Å². The maximum atomic E-state index is 13.9. The Morgan fingerprint density at radius 3 is 2.49 bits per heavy atom. The van der Waals surface area contributed by atoms with Gasteiger partial charge in [-0.1, -0.05) is 44.2 Å². The van der Waals surface area contributed by atoms with Gasteiger partial charge in [-0.25, -0.2) is 4.79 Å². The number of fused-ring (bicyclic) bond motifs is 1. The van der Waals surface area contributed by atoms with Crippen molar-refractivity contribution in [2.45, 2.75) is 77.8 Å². The molecule has 2 aliphatic heterocycles. The summed E-state index contributed by atoms with van der Waals surface area (Å²) in [7, 11) is 0. The van der Waals surface area contributed by atoms with Crippen LogP contribution in [0.25, 0.3) is 0 Å². The van der Waals surface area contributed by atoms with Crippen LogP contribution in [0.3, 0.4) is 0 Å². The zero-order chi connectivity index (χ0) is 29.9. The van der Waals surface area contributed by atoms with E-state index in [-0.39, 0.29) is 48.7 Å². The Labute approximate surface area is 241 Å². The molecule has 11 heteroatoms. The zero-order valence-corrected chi connectivity index (χ0v) is 24.5. The van der Waals surface area contributed by atoms with Gasteiger partial charge < -0.3 is 35.1 Å². The Kier molecular flexibility index (Phi) is 9.06. The first-order valence-corrected chi connectivity index (χ1v) is 14.3. The van der Waals surface area contributed by atoms with E-state index in [1.807, 2.05) is 51.1 Å². The number of nitrogens with zero attached hydrogens (tertiary/aromatic N) is 1. The SMILES string of the molecule is CC(C)(C)OC[C@H](NC(=O)OCc1ccccc1)C(=O)N1C[C@H]2[C@@H]([C@H]1C(=O)N[C@H](C=O)C[C@@H]1CCNC1=O)C2(C)C. The van der Waals surface area contributed by atoms with E-state index in [0.29, 0.717) is 25.8 Å². The average molecular weight is 571 g/mol. The summed E-state index contributed by atoms with van der Waals surface area (Å²) in [5.74, 6) is -1.35. The van der Waals surface area contributed by atoms with Crippen LogP contribution < -0.4 is 16.0 Å². The number of piperidine rings is 1. The van der Waals surface area contributed by atoms with Gasteiger partial charge in [0.15, 0.2) is 0 Å². The minimum atomic E-state index is -1.09. The van der Waals surface area contributed by atoms with Gasteiger partial charge in [0.05, 0.1) is 18.2 Å². The van der Waals surface area contributed by atoms with E-state index in [0.717, 1.165) is 5.56 Å². The second-order valence-electron chi connectivity index (χ2n) is 12.8. The number of nitrogens with one attached hydrogen (secondary N) is 3. The topological polar surface area (TPSA) is 143 Å². The fourth-order valence-electron chi connectivity index (χ4n) is 6.02. The largest absolute Gasteiger partial charge is 0.445 e. The van der Waals surface area contributed by atoms with Crippen molar-refractivity contribution < 1.29 is 33.4 Å². The maximum Gasteiger partial charge on any atom is 0.408 e. The summed E-state index contributed by atoms with van der Waals surface area (Å²) in [6, 6.07) is 6.43. The van der Waals surface area contributed by atoms with Crippen LogP contribution >= 0.6 is 0 Å². The van der Waals surface area contributed by atoms with Gasteiger partial charge in [0.25, 0.3) is 0 Å². The quantitative estimate of drug-likeness (QED) is 0.344. The summed E-state index contributed by atoms with van der Waals surface area (Å²) in [4.78, 5) is 65.6. The molecule has 1 saturated carbocycles. The summed E-state index contributed by atoms with van der Waals surface area (Å²) in [5, 5.41) is 8.17.